The second-order valence-electron chi connectivity index (χ2n) is 7.74. The predicted octanol–water partition coefficient (Wildman–Crippen LogP) is 1.11. The molecule has 10 heteroatoms. The molecule has 0 spiro atoms. The summed E-state index contributed by atoms with van der Waals surface area (Å²) in [5, 5.41) is 2.47. The van der Waals surface area contributed by atoms with E-state index in [2.05, 4.69) is 5.32 Å². The van der Waals surface area contributed by atoms with Gasteiger partial charge in [0.1, 0.15) is 6.54 Å². The van der Waals surface area contributed by atoms with Gasteiger partial charge in [-0.15, -0.1) is 0 Å². The molecule has 1 aliphatic heterocycles. The van der Waals surface area contributed by atoms with Gasteiger partial charge in [0, 0.05) is 31.7 Å². The summed E-state index contributed by atoms with van der Waals surface area (Å²) in [7, 11) is -3.61. The molecule has 33 heavy (non-hydrogen) atoms. The molecule has 0 bridgehead atoms. The van der Waals surface area contributed by atoms with E-state index in [0.29, 0.717) is 5.56 Å². The van der Waals surface area contributed by atoms with Gasteiger partial charge in [-0.3, -0.25) is 14.4 Å². The smallest absolute Gasteiger partial charge is 0.325 e. The Balaban J connectivity index is 1.41. The van der Waals surface area contributed by atoms with Crippen molar-refractivity contribution in [2.45, 2.75) is 18.7 Å². The minimum Gasteiger partial charge on any atom is -0.454 e. The third-order valence-corrected chi connectivity index (χ3v) is 7.40. The van der Waals surface area contributed by atoms with Crippen molar-refractivity contribution < 1.29 is 27.5 Å². The lowest BCUT2D eigenvalue weighted by atomic mass is 10.1. The monoisotopic (exact) mass is 473 g/mol. The molecule has 0 saturated carbocycles. The highest BCUT2D eigenvalue weighted by Crippen LogP contribution is 2.17. The third kappa shape index (κ3) is 6.17. The van der Waals surface area contributed by atoms with Crippen LogP contribution in [-0.4, -0.2) is 74.7 Å². The largest absolute Gasteiger partial charge is 0.454 e. The second kappa shape index (κ2) is 10.6. The lowest BCUT2D eigenvalue weighted by molar-refractivity contribution is -0.151. The number of amides is 2. The summed E-state index contributed by atoms with van der Waals surface area (Å²) >= 11 is 0. The maximum absolute atomic E-state index is 12.7. The van der Waals surface area contributed by atoms with Crippen LogP contribution in [0.3, 0.4) is 0 Å². The summed E-state index contributed by atoms with van der Waals surface area (Å²) in [4.78, 5) is 38.1. The molecule has 3 rings (SSSR count). The van der Waals surface area contributed by atoms with E-state index in [1.165, 1.54) is 21.3 Å². The Morgan fingerprint density at radius 3 is 2.24 bits per heavy atom. The Morgan fingerprint density at radius 2 is 1.61 bits per heavy atom. The maximum atomic E-state index is 12.7. The molecule has 2 amide bonds. The van der Waals surface area contributed by atoms with Crippen LogP contribution in [-0.2, 0) is 24.3 Å². The molecule has 1 aliphatic rings. The zero-order chi connectivity index (χ0) is 24.0. The van der Waals surface area contributed by atoms with Crippen LogP contribution in [0.4, 0.5) is 0 Å². The van der Waals surface area contributed by atoms with Gasteiger partial charge in [-0.05, 0) is 49.2 Å². The Bertz CT molecular complexity index is 1130. The topological polar surface area (TPSA) is 113 Å². The number of nitrogens with zero attached hydrogens (tertiary/aromatic N) is 2. The van der Waals surface area contributed by atoms with Crippen molar-refractivity contribution in [1.82, 2.24) is 14.5 Å². The molecule has 176 valence electrons. The molecule has 2 aromatic carbocycles. The van der Waals surface area contributed by atoms with Crippen LogP contribution in [0, 0.1) is 13.8 Å². The maximum Gasteiger partial charge on any atom is 0.325 e. The molecular formula is C23H27N3O6S. The molecule has 1 N–H and O–H groups in total. The zero-order valence-corrected chi connectivity index (χ0v) is 19.4. The second-order valence-corrected chi connectivity index (χ2v) is 9.68. The quantitative estimate of drug-likeness (QED) is 0.603. The van der Waals surface area contributed by atoms with Crippen molar-refractivity contribution in [2.24, 2.45) is 0 Å². The number of rotatable bonds is 7. The van der Waals surface area contributed by atoms with E-state index in [4.69, 9.17) is 4.74 Å². The number of sulfonamides is 1. The number of hydrogen-bond acceptors (Lipinski definition) is 6. The Kier molecular flexibility index (Phi) is 7.83. The van der Waals surface area contributed by atoms with Crippen LogP contribution in [0.25, 0.3) is 0 Å². The molecule has 1 fully saturated rings. The first-order valence-electron chi connectivity index (χ1n) is 10.5. The van der Waals surface area contributed by atoms with Crippen molar-refractivity contribution >= 4 is 27.8 Å². The number of nitrogens with one attached hydrogen (secondary N) is 1. The minimum atomic E-state index is -3.61. The minimum absolute atomic E-state index is 0.156. The Morgan fingerprint density at radius 1 is 0.939 bits per heavy atom. The van der Waals surface area contributed by atoms with Crippen molar-refractivity contribution in [2.75, 3.05) is 39.3 Å². The lowest BCUT2D eigenvalue weighted by Gasteiger charge is -2.33. The van der Waals surface area contributed by atoms with Gasteiger partial charge in [0.05, 0.1) is 4.90 Å². The summed E-state index contributed by atoms with van der Waals surface area (Å²) in [6.45, 7) is 3.71. The molecule has 0 aromatic heterocycles. The summed E-state index contributed by atoms with van der Waals surface area (Å²) in [5.74, 6) is -1.55. The van der Waals surface area contributed by atoms with Gasteiger partial charge in [-0.1, -0.05) is 24.3 Å². The van der Waals surface area contributed by atoms with Gasteiger partial charge >= 0.3 is 5.97 Å². The Hall–Kier alpha value is -3.24. The zero-order valence-electron chi connectivity index (χ0n) is 18.6. The van der Waals surface area contributed by atoms with Gasteiger partial charge in [0.15, 0.2) is 6.61 Å². The van der Waals surface area contributed by atoms with Crippen molar-refractivity contribution in [3.63, 3.8) is 0 Å². The first kappa shape index (κ1) is 24.4. The lowest BCUT2D eigenvalue weighted by Crippen LogP contribution is -2.51. The van der Waals surface area contributed by atoms with E-state index in [1.807, 2.05) is 19.9 Å². The van der Waals surface area contributed by atoms with Gasteiger partial charge < -0.3 is 15.0 Å². The molecule has 0 aliphatic carbocycles. The van der Waals surface area contributed by atoms with Crippen LogP contribution in [0.1, 0.15) is 21.5 Å². The van der Waals surface area contributed by atoms with Crippen LogP contribution in [0.5, 0.6) is 0 Å². The van der Waals surface area contributed by atoms with Crippen molar-refractivity contribution in [1.29, 1.82) is 0 Å². The first-order valence-corrected chi connectivity index (χ1v) is 12.0. The number of esters is 1. The number of ether oxygens (including phenoxy) is 1. The van der Waals surface area contributed by atoms with Crippen LogP contribution < -0.4 is 5.32 Å². The fourth-order valence-electron chi connectivity index (χ4n) is 3.34. The SMILES string of the molecule is Cc1ccc(C(=O)NCC(=O)OCC(=O)N2CCN(S(=O)(=O)c3ccccc3)CC2)cc1C. The number of aryl methyl sites for hydroxylation is 2. The number of hydrogen-bond donors (Lipinski definition) is 1. The van der Waals surface area contributed by atoms with Gasteiger partial charge in [0.2, 0.25) is 10.0 Å². The van der Waals surface area contributed by atoms with E-state index in [1.54, 1.807) is 30.3 Å². The van der Waals surface area contributed by atoms with E-state index in [0.717, 1.165) is 11.1 Å². The summed E-state index contributed by atoms with van der Waals surface area (Å²) in [6, 6.07) is 13.4. The molecule has 0 atom stereocenters. The van der Waals surface area contributed by atoms with Crippen LogP contribution in [0.15, 0.2) is 53.4 Å². The highest BCUT2D eigenvalue weighted by Gasteiger charge is 2.30. The highest BCUT2D eigenvalue weighted by molar-refractivity contribution is 7.89. The molecule has 0 unspecified atom stereocenters. The fraction of sp³-hybridized carbons (Fsp3) is 0.348. The normalized spacial score (nSPS) is 14.5. The number of carbonyl (C=O) groups excluding carboxylic acids is 3. The van der Waals surface area contributed by atoms with E-state index in [-0.39, 0.29) is 37.6 Å². The first-order chi connectivity index (χ1) is 15.7. The van der Waals surface area contributed by atoms with E-state index < -0.39 is 34.4 Å². The number of carbonyl (C=O) groups is 3. The molecule has 9 nitrogen and oxygen atoms in total. The van der Waals surface area contributed by atoms with Gasteiger partial charge in [-0.25, -0.2) is 8.42 Å². The molecule has 0 radical (unpaired) electrons. The van der Waals surface area contributed by atoms with Gasteiger partial charge in [-0.2, -0.15) is 4.31 Å². The van der Waals surface area contributed by atoms with E-state index in [9.17, 15) is 22.8 Å². The molecule has 1 saturated heterocycles. The number of benzene rings is 2. The highest BCUT2D eigenvalue weighted by atomic mass is 32.2. The fourth-order valence-corrected chi connectivity index (χ4v) is 4.78. The van der Waals surface area contributed by atoms with Gasteiger partial charge in [0.25, 0.3) is 11.8 Å². The third-order valence-electron chi connectivity index (χ3n) is 5.49. The standard InChI is InChI=1S/C23H27N3O6S/c1-17-8-9-19(14-18(17)2)23(29)24-15-22(28)32-16-21(27)25-10-12-26(13-11-25)33(30,31)20-6-4-3-5-7-20/h3-9,14H,10-13,15-16H2,1-2H3,(H,24,29). The Labute approximate surface area is 193 Å². The average Bonchev–Trinajstić information content (AvgIpc) is 2.83. The van der Waals surface area contributed by atoms with Crippen molar-refractivity contribution in [3.05, 3.63) is 65.2 Å². The summed E-state index contributed by atoms with van der Waals surface area (Å²) in [5.41, 5.74) is 2.46. The summed E-state index contributed by atoms with van der Waals surface area (Å²) < 4.78 is 31.6. The predicted molar refractivity (Wildman–Crippen MR) is 121 cm³/mol. The van der Waals surface area contributed by atoms with Crippen LogP contribution >= 0.6 is 0 Å². The molecule has 1 heterocycles. The molecular weight excluding hydrogens is 446 g/mol. The summed E-state index contributed by atoms with van der Waals surface area (Å²) in [6.07, 6.45) is 0. The van der Waals surface area contributed by atoms with Crippen LogP contribution in [0.2, 0.25) is 0 Å². The van der Waals surface area contributed by atoms with E-state index >= 15 is 0 Å². The molecule has 2 aromatic rings. The number of piperazine rings is 1. The average molecular weight is 474 g/mol. The van der Waals surface area contributed by atoms with Crippen molar-refractivity contribution in [3.8, 4) is 0 Å².